The van der Waals surface area contributed by atoms with E-state index in [1.165, 1.54) is 35.8 Å². The maximum absolute atomic E-state index is 12.9. The third-order valence-electron chi connectivity index (χ3n) is 4.62. The van der Waals surface area contributed by atoms with Gasteiger partial charge in [-0.1, -0.05) is 53.6 Å². The van der Waals surface area contributed by atoms with Gasteiger partial charge < -0.3 is 19.5 Å². The highest BCUT2D eigenvalue weighted by atomic mass is 127. The van der Waals surface area contributed by atoms with E-state index in [1.54, 1.807) is 24.3 Å². The van der Waals surface area contributed by atoms with Crippen LogP contribution in [0.3, 0.4) is 0 Å². The molecule has 9 heteroatoms. The predicted octanol–water partition coefficient (Wildman–Crippen LogP) is 6.63. The first-order chi connectivity index (χ1) is 15.9. The van der Waals surface area contributed by atoms with Crippen LogP contribution in [0.2, 0.25) is 0 Å². The number of esters is 1. The Morgan fingerprint density at radius 2 is 1.55 bits per heavy atom. The number of carbonyl (C=O) groups excluding carboxylic acids is 1. The minimum Gasteiger partial charge on any atom is -0.460 e. The molecule has 0 heterocycles. The molecular formula is C24H29F3INO4. The summed E-state index contributed by atoms with van der Waals surface area (Å²) >= 11 is 2.38. The van der Waals surface area contributed by atoms with Crippen molar-refractivity contribution in [2.75, 3.05) is 42.8 Å². The zero-order valence-electron chi connectivity index (χ0n) is 18.3. The Hall–Kier alpha value is -1.85. The van der Waals surface area contributed by atoms with Crippen LogP contribution in [-0.4, -0.2) is 43.4 Å². The molecule has 0 unspecified atom stereocenters. The Balaban J connectivity index is 1.72. The molecule has 0 atom stereocenters. The van der Waals surface area contributed by atoms with Gasteiger partial charge in [-0.05, 0) is 47.6 Å². The van der Waals surface area contributed by atoms with Crippen molar-refractivity contribution >= 4 is 39.9 Å². The Morgan fingerprint density at radius 3 is 2.30 bits per heavy atom. The summed E-state index contributed by atoms with van der Waals surface area (Å²) in [6.45, 7) is 1.92. The number of benzene rings is 2. The molecule has 0 aliphatic rings. The topological polar surface area (TPSA) is 56.8 Å². The zero-order valence-corrected chi connectivity index (χ0v) is 20.5. The standard InChI is InChI=1S/C24H29F3INO4/c25-24(26,27)19-8-7-9-20(18-19)29-22-11-4-3-10-21(22)23(30)33-17-16-32-15-14-31-13-6-2-1-5-12-28/h3-4,7-11,18,29H,1-2,5-6,12-17H2. The van der Waals surface area contributed by atoms with Gasteiger partial charge in [0.05, 0.1) is 36.6 Å². The van der Waals surface area contributed by atoms with E-state index < -0.39 is 17.7 Å². The molecule has 0 radical (unpaired) electrons. The van der Waals surface area contributed by atoms with Crippen LogP contribution in [0, 0.1) is 0 Å². The molecule has 0 fully saturated rings. The lowest BCUT2D eigenvalue weighted by Crippen LogP contribution is -2.14. The van der Waals surface area contributed by atoms with Gasteiger partial charge in [-0.25, -0.2) is 4.79 Å². The molecule has 1 N–H and O–H groups in total. The lowest BCUT2D eigenvalue weighted by molar-refractivity contribution is -0.137. The molecule has 0 aliphatic heterocycles. The van der Waals surface area contributed by atoms with Gasteiger partial charge in [-0.15, -0.1) is 0 Å². The lowest BCUT2D eigenvalue weighted by atomic mass is 10.1. The fourth-order valence-corrected chi connectivity index (χ4v) is 3.48. The summed E-state index contributed by atoms with van der Waals surface area (Å²) in [7, 11) is 0. The Bertz CT molecular complexity index is 848. The van der Waals surface area contributed by atoms with Crippen molar-refractivity contribution in [2.45, 2.75) is 31.9 Å². The summed E-state index contributed by atoms with van der Waals surface area (Å²) in [6, 6.07) is 11.3. The van der Waals surface area contributed by atoms with Gasteiger partial charge in [0.1, 0.15) is 6.61 Å². The van der Waals surface area contributed by atoms with Crippen molar-refractivity contribution in [3.8, 4) is 0 Å². The molecule has 0 aromatic heterocycles. The van der Waals surface area contributed by atoms with Crippen LogP contribution in [-0.2, 0) is 20.4 Å². The van der Waals surface area contributed by atoms with E-state index >= 15 is 0 Å². The van der Waals surface area contributed by atoms with E-state index in [4.69, 9.17) is 14.2 Å². The van der Waals surface area contributed by atoms with Gasteiger partial charge in [0.15, 0.2) is 0 Å². The SMILES string of the molecule is O=C(OCCOCCOCCCCCCI)c1ccccc1Nc1cccc(C(F)(F)F)c1. The monoisotopic (exact) mass is 579 g/mol. The van der Waals surface area contributed by atoms with Crippen molar-refractivity contribution < 1.29 is 32.2 Å². The number of nitrogens with one attached hydrogen (secondary N) is 1. The number of halogens is 4. The second kappa shape index (κ2) is 15.1. The smallest absolute Gasteiger partial charge is 0.416 e. The Labute approximate surface area is 206 Å². The average molecular weight is 579 g/mol. The van der Waals surface area contributed by atoms with Crippen molar-refractivity contribution in [2.24, 2.45) is 0 Å². The molecule has 0 saturated heterocycles. The van der Waals surface area contributed by atoms with Crippen LogP contribution in [0.1, 0.15) is 41.6 Å². The second-order valence-corrected chi connectivity index (χ2v) is 8.29. The van der Waals surface area contributed by atoms with Crippen LogP contribution >= 0.6 is 22.6 Å². The molecule has 0 bridgehead atoms. The third-order valence-corrected chi connectivity index (χ3v) is 5.38. The molecular weight excluding hydrogens is 550 g/mol. The number of anilines is 2. The van der Waals surface area contributed by atoms with E-state index in [9.17, 15) is 18.0 Å². The summed E-state index contributed by atoms with van der Waals surface area (Å²) in [6.07, 6.45) is 0.239. The van der Waals surface area contributed by atoms with E-state index in [0.717, 1.165) is 25.2 Å². The van der Waals surface area contributed by atoms with Crippen LogP contribution in [0.15, 0.2) is 48.5 Å². The fraction of sp³-hybridized carbons (Fsp3) is 0.458. The zero-order chi connectivity index (χ0) is 23.9. The largest absolute Gasteiger partial charge is 0.460 e. The molecule has 2 aromatic rings. The van der Waals surface area contributed by atoms with E-state index in [0.29, 0.717) is 18.9 Å². The number of rotatable bonds is 15. The van der Waals surface area contributed by atoms with Crippen LogP contribution < -0.4 is 5.32 Å². The maximum atomic E-state index is 12.9. The van der Waals surface area contributed by atoms with E-state index in [-0.39, 0.29) is 24.5 Å². The second-order valence-electron chi connectivity index (χ2n) is 7.21. The summed E-state index contributed by atoms with van der Waals surface area (Å²) in [5.74, 6) is -0.587. The first-order valence-electron chi connectivity index (χ1n) is 10.8. The molecule has 0 amide bonds. The fourth-order valence-electron chi connectivity index (χ4n) is 2.94. The predicted molar refractivity (Wildman–Crippen MR) is 130 cm³/mol. The van der Waals surface area contributed by atoms with Crippen molar-refractivity contribution in [1.29, 1.82) is 0 Å². The Morgan fingerprint density at radius 1 is 0.848 bits per heavy atom. The average Bonchev–Trinajstić information content (AvgIpc) is 2.79. The minimum absolute atomic E-state index is 0.0625. The lowest BCUT2D eigenvalue weighted by Gasteiger charge is -2.13. The minimum atomic E-state index is -4.45. The van der Waals surface area contributed by atoms with Gasteiger partial charge in [-0.2, -0.15) is 13.2 Å². The third kappa shape index (κ3) is 10.7. The number of hydrogen-bond donors (Lipinski definition) is 1. The summed E-state index contributed by atoms with van der Waals surface area (Å²) in [4.78, 5) is 12.4. The van der Waals surface area contributed by atoms with E-state index in [2.05, 4.69) is 27.9 Å². The van der Waals surface area contributed by atoms with Gasteiger partial charge >= 0.3 is 12.1 Å². The quantitative estimate of drug-likeness (QED) is 0.111. The number of unbranched alkanes of at least 4 members (excludes halogenated alkanes) is 3. The Kier molecular flexibility index (Phi) is 12.6. The highest BCUT2D eigenvalue weighted by molar-refractivity contribution is 14.1. The van der Waals surface area contributed by atoms with Crippen molar-refractivity contribution in [1.82, 2.24) is 0 Å². The highest BCUT2D eigenvalue weighted by Gasteiger charge is 2.30. The molecule has 2 aromatic carbocycles. The van der Waals surface area contributed by atoms with E-state index in [1.807, 2.05) is 0 Å². The summed E-state index contributed by atoms with van der Waals surface area (Å²) in [5.41, 5.74) is 0.0266. The van der Waals surface area contributed by atoms with Crippen molar-refractivity contribution in [3.05, 3.63) is 59.7 Å². The summed E-state index contributed by atoms with van der Waals surface area (Å²) < 4.78 is 56.2. The number of carbonyl (C=O) groups is 1. The normalized spacial score (nSPS) is 11.4. The first-order valence-corrected chi connectivity index (χ1v) is 12.4. The van der Waals surface area contributed by atoms with Crippen LogP contribution in [0.5, 0.6) is 0 Å². The van der Waals surface area contributed by atoms with Crippen molar-refractivity contribution in [3.63, 3.8) is 0 Å². The summed E-state index contributed by atoms with van der Waals surface area (Å²) in [5, 5.41) is 2.86. The number of para-hydroxylation sites is 1. The number of ether oxygens (including phenoxy) is 3. The molecule has 5 nitrogen and oxygen atoms in total. The van der Waals surface area contributed by atoms with Gasteiger partial charge in [-0.3, -0.25) is 0 Å². The number of alkyl halides is 4. The molecule has 0 saturated carbocycles. The van der Waals surface area contributed by atoms with Crippen LogP contribution in [0.4, 0.5) is 24.5 Å². The molecule has 33 heavy (non-hydrogen) atoms. The highest BCUT2D eigenvalue weighted by Crippen LogP contribution is 2.32. The molecule has 0 aliphatic carbocycles. The van der Waals surface area contributed by atoms with Crippen LogP contribution in [0.25, 0.3) is 0 Å². The molecule has 182 valence electrons. The van der Waals surface area contributed by atoms with Gasteiger partial charge in [0.2, 0.25) is 0 Å². The van der Waals surface area contributed by atoms with Gasteiger partial charge in [0, 0.05) is 12.3 Å². The van der Waals surface area contributed by atoms with Gasteiger partial charge in [0.25, 0.3) is 0 Å². The first kappa shape index (κ1) is 27.4. The molecule has 0 spiro atoms. The molecule has 2 rings (SSSR count). The maximum Gasteiger partial charge on any atom is 0.416 e. The number of hydrogen-bond acceptors (Lipinski definition) is 5.